The number of nitro groups is 1. The Kier molecular flexibility index (Phi) is 8.75. The van der Waals surface area contributed by atoms with Crippen molar-refractivity contribution in [3.05, 3.63) is 72.4 Å². The Balaban J connectivity index is 1.40. The lowest BCUT2D eigenvalue weighted by Gasteiger charge is -2.33. The highest BCUT2D eigenvalue weighted by molar-refractivity contribution is 14.1. The molecular formula is C32H35IN2O7. The molecule has 4 atom stereocenters. The van der Waals surface area contributed by atoms with Gasteiger partial charge >= 0.3 is 0 Å². The molecular weight excluding hydrogens is 651 g/mol. The maximum atomic E-state index is 13.8. The Hall–Kier alpha value is -3.25. The van der Waals surface area contributed by atoms with Crippen molar-refractivity contribution in [2.45, 2.75) is 52.6 Å². The molecule has 1 N–H and O–H groups in total. The van der Waals surface area contributed by atoms with Crippen LogP contribution in [0, 0.1) is 37.4 Å². The van der Waals surface area contributed by atoms with Gasteiger partial charge < -0.3 is 14.6 Å². The third-order valence-electron chi connectivity index (χ3n) is 8.76. The number of aromatic hydroxyl groups is 1. The van der Waals surface area contributed by atoms with Gasteiger partial charge in [0, 0.05) is 18.1 Å². The second-order valence-electron chi connectivity index (χ2n) is 11.4. The maximum Gasteiger partial charge on any atom is 0.271 e. The quantitative estimate of drug-likeness (QED) is 0.103. The van der Waals surface area contributed by atoms with Crippen LogP contribution in [-0.2, 0) is 14.3 Å². The molecule has 2 amide bonds. The van der Waals surface area contributed by atoms with Crippen LogP contribution in [0.15, 0.2) is 53.1 Å². The number of nitrogens with zero attached hydrogens (tertiary/aromatic N) is 2. The number of benzene rings is 2. The molecule has 0 unspecified atom stereocenters. The van der Waals surface area contributed by atoms with Crippen molar-refractivity contribution in [1.29, 1.82) is 0 Å². The SMILES string of the molecule is CC/C(=C\c1cc(I)c(O)c(OC)c1)CC[C@H]1OC[C@H]2C1=C(C(C)C)C[C@H]1C(=O)N(c3cccc([N+](=O)[O-])c3)C(=O)[C@H]12. The summed E-state index contributed by atoms with van der Waals surface area (Å²) < 4.78 is 12.4. The zero-order valence-corrected chi connectivity index (χ0v) is 26.3. The lowest BCUT2D eigenvalue weighted by atomic mass is 9.67. The number of carbonyl (C=O) groups excluding carboxylic acids is 2. The molecule has 2 heterocycles. The van der Waals surface area contributed by atoms with Gasteiger partial charge in [-0.1, -0.05) is 44.1 Å². The number of hydrogen-bond acceptors (Lipinski definition) is 7. The van der Waals surface area contributed by atoms with Crippen LogP contribution in [0.1, 0.15) is 52.0 Å². The van der Waals surface area contributed by atoms with E-state index in [1.165, 1.54) is 36.5 Å². The van der Waals surface area contributed by atoms with Crippen molar-refractivity contribution in [3.8, 4) is 11.5 Å². The van der Waals surface area contributed by atoms with E-state index in [1.54, 1.807) is 6.07 Å². The molecule has 2 aliphatic heterocycles. The topological polar surface area (TPSA) is 119 Å². The number of fused-ring (bicyclic) bond motifs is 3. The fourth-order valence-corrected chi connectivity index (χ4v) is 7.32. The summed E-state index contributed by atoms with van der Waals surface area (Å²) in [6, 6.07) is 9.48. The van der Waals surface area contributed by atoms with Crippen LogP contribution in [0.3, 0.4) is 0 Å². The van der Waals surface area contributed by atoms with E-state index < -0.39 is 16.8 Å². The first-order valence-corrected chi connectivity index (χ1v) is 15.4. The standard InChI is InChI=1S/C32H35IN2O7/c1-5-18(11-19-12-25(33)30(36)27(13-19)41-4)9-10-26-28-22(17(2)3)15-23-29(24(28)16-42-26)32(38)34(31(23)37)20-7-6-8-21(14-20)35(39)40/h6-8,11-14,17,23-24,26,29,36H,5,9-10,15-16H2,1-4H3/b18-11+/t23-,24+,26-,29-/m1/s1. The van der Waals surface area contributed by atoms with Gasteiger partial charge in [-0.15, -0.1) is 0 Å². The zero-order valence-electron chi connectivity index (χ0n) is 24.1. The predicted octanol–water partition coefficient (Wildman–Crippen LogP) is 6.66. The van der Waals surface area contributed by atoms with Crippen LogP contribution >= 0.6 is 22.6 Å². The molecule has 2 fully saturated rings. The van der Waals surface area contributed by atoms with E-state index in [2.05, 4.69) is 49.4 Å². The van der Waals surface area contributed by atoms with Crippen molar-refractivity contribution >= 4 is 51.9 Å². The summed E-state index contributed by atoms with van der Waals surface area (Å²) in [6.45, 7) is 6.72. The summed E-state index contributed by atoms with van der Waals surface area (Å²) in [5, 5.41) is 21.6. The average molecular weight is 687 g/mol. The van der Waals surface area contributed by atoms with E-state index in [0.717, 1.165) is 35.3 Å². The van der Waals surface area contributed by atoms with Crippen LogP contribution in [0.4, 0.5) is 11.4 Å². The molecule has 0 aromatic heterocycles. The van der Waals surface area contributed by atoms with Gasteiger partial charge in [0.25, 0.3) is 5.69 Å². The number of ether oxygens (including phenoxy) is 2. The Morgan fingerprint density at radius 2 is 2.00 bits per heavy atom. The van der Waals surface area contributed by atoms with Gasteiger partial charge in [-0.3, -0.25) is 19.7 Å². The van der Waals surface area contributed by atoms with Crippen LogP contribution in [0.5, 0.6) is 11.5 Å². The second kappa shape index (κ2) is 12.2. The highest BCUT2D eigenvalue weighted by Gasteiger charge is 2.57. The van der Waals surface area contributed by atoms with Crippen molar-refractivity contribution in [3.63, 3.8) is 0 Å². The number of hydrogen-bond donors (Lipinski definition) is 1. The highest BCUT2D eigenvalue weighted by atomic mass is 127. The van der Waals surface area contributed by atoms with E-state index in [0.29, 0.717) is 22.3 Å². The van der Waals surface area contributed by atoms with E-state index >= 15 is 0 Å². The van der Waals surface area contributed by atoms with Crippen LogP contribution in [0.25, 0.3) is 6.08 Å². The molecule has 5 rings (SSSR count). The molecule has 1 aliphatic carbocycles. The van der Waals surface area contributed by atoms with E-state index in [1.807, 2.05) is 12.1 Å². The second-order valence-corrected chi connectivity index (χ2v) is 12.6. The summed E-state index contributed by atoms with van der Waals surface area (Å²) >= 11 is 2.09. The van der Waals surface area contributed by atoms with E-state index in [-0.39, 0.29) is 46.9 Å². The van der Waals surface area contributed by atoms with Gasteiger partial charge in [-0.05, 0) is 83.5 Å². The number of amides is 2. The first-order chi connectivity index (χ1) is 20.0. The van der Waals surface area contributed by atoms with Crippen LogP contribution < -0.4 is 9.64 Å². The minimum atomic E-state index is -0.535. The third kappa shape index (κ3) is 5.46. The van der Waals surface area contributed by atoms with Gasteiger partial charge in [0.15, 0.2) is 11.5 Å². The van der Waals surface area contributed by atoms with Crippen LogP contribution in [-0.4, -0.2) is 41.7 Å². The molecule has 2 saturated heterocycles. The summed E-state index contributed by atoms with van der Waals surface area (Å²) in [5.41, 5.74) is 4.62. The van der Waals surface area contributed by atoms with Gasteiger partial charge in [0.2, 0.25) is 11.8 Å². The lowest BCUT2D eigenvalue weighted by molar-refractivity contribution is -0.384. The Morgan fingerprint density at radius 3 is 2.67 bits per heavy atom. The van der Waals surface area contributed by atoms with Crippen molar-refractivity contribution in [2.24, 2.45) is 23.7 Å². The number of methoxy groups -OCH3 is 1. The van der Waals surface area contributed by atoms with Crippen molar-refractivity contribution in [1.82, 2.24) is 0 Å². The van der Waals surface area contributed by atoms with Gasteiger partial charge in [0.05, 0.1) is 45.8 Å². The summed E-state index contributed by atoms with van der Waals surface area (Å²) in [4.78, 5) is 39.4. The number of nitro benzene ring substituents is 1. The number of halogens is 1. The molecule has 0 radical (unpaired) electrons. The lowest BCUT2D eigenvalue weighted by Crippen LogP contribution is -2.35. The van der Waals surface area contributed by atoms with Gasteiger partial charge in [-0.25, -0.2) is 4.90 Å². The smallest absolute Gasteiger partial charge is 0.271 e. The number of imide groups is 1. The molecule has 3 aliphatic rings. The number of carbonyl (C=O) groups is 2. The fraction of sp³-hybridized carbons (Fsp3) is 0.438. The van der Waals surface area contributed by atoms with Crippen molar-refractivity contribution < 1.29 is 29.1 Å². The molecule has 0 spiro atoms. The third-order valence-corrected chi connectivity index (χ3v) is 9.59. The normalized spacial score (nSPS) is 24.0. The molecule has 2 aromatic rings. The first kappa shape index (κ1) is 30.2. The number of anilines is 1. The minimum Gasteiger partial charge on any atom is -0.504 e. The molecule has 10 heteroatoms. The Bertz CT molecular complexity index is 1500. The zero-order chi connectivity index (χ0) is 30.3. The number of non-ortho nitro benzene ring substituents is 1. The number of allylic oxidation sites excluding steroid dienone is 2. The molecule has 0 saturated carbocycles. The number of phenolic OH excluding ortho intramolecular Hbond substituents is 1. The predicted molar refractivity (Wildman–Crippen MR) is 167 cm³/mol. The van der Waals surface area contributed by atoms with Gasteiger partial charge in [-0.2, -0.15) is 0 Å². The van der Waals surface area contributed by atoms with E-state index in [4.69, 9.17) is 9.47 Å². The molecule has 2 aromatic carbocycles. The molecule has 0 bridgehead atoms. The molecule has 42 heavy (non-hydrogen) atoms. The molecule has 222 valence electrons. The maximum absolute atomic E-state index is 13.8. The first-order valence-electron chi connectivity index (χ1n) is 14.3. The van der Waals surface area contributed by atoms with Crippen LogP contribution in [0.2, 0.25) is 0 Å². The Morgan fingerprint density at radius 1 is 1.24 bits per heavy atom. The number of phenols is 1. The summed E-state index contributed by atoms with van der Waals surface area (Å²) in [7, 11) is 1.54. The average Bonchev–Trinajstić information content (AvgIpc) is 3.50. The number of rotatable bonds is 9. The minimum absolute atomic E-state index is 0.131. The highest BCUT2D eigenvalue weighted by Crippen LogP contribution is 2.52. The Labute approximate surface area is 258 Å². The van der Waals surface area contributed by atoms with Crippen molar-refractivity contribution in [2.75, 3.05) is 18.6 Å². The summed E-state index contributed by atoms with van der Waals surface area (Å²) in [5.74, 6) is -1.06. The van der Waals surface area contributed by atoms with Gasteiger partial charge in [0.1, 0.15) is 0 Å². The largest absolute Gasteiger partial charge is 0.504 e. The summed E-state index contributed by atoms with van der Waals surface area (Å²) in [6.07, 6.45) is 4.87. The monoisotopic (exact) mass is 686 g/mol. The van der Waals surface area contributed by atoms with E-state index in [9.17, 15) is 24.8 Å². The fourth-order valence-electron chi connectivity index (χ4n) is 6.69. The molecule has 9 nitrogen and oxygen atoms in total.